The van der Waals surface area contributed by atoms with E-state index in [0.717, 1.165) is 59.4 Å². The summed E-state index contributed by atoms with van der Waals surface area (Å²) in [6.45, 7) is 12.0. The predicted molar refractivity (Wildman–Crippen MR) is 187 cm³/mol. The second-order valence-corrected chi connectivity index (χ2v) is 13.6. The van der Waals surface area contributed by atoms with E-state index in [1.807, 2.05) is 106 Å². The summed E-state index contributed by atoms with van der Waals surface area (Å²) in [5.41, 5.74) is 4.43. The Morgan fingerprint density at radius 2 is 1.62 bits per heavy atom. The molecule has 1 heterocycles. The monoisotopic (exact) mass is 657 g/mol. The van der Waals surface area contributed by atoms with Crippen LogP contribution in [0, 0.1) is 19.8 Å². The fraction of sp³-hybridized carbons (Fsp3) is 0.462. The molecule has 0 spiro atoms. The molecular formula is C39H51N3O6. The van der Waals surface area contributed by atoms with Gasteiger partial charge in [-0.05, 0) is 107 Å². The van der Waals surface area contributed by atoms with Gasteiger partial charge in [0.2, 0.25) is 5.91 Å². The van der Waals surface area contributed by atoms with Crippen molar-refractivity contribution in [1.29, 1.82) is 0 Å². The minimum atomic E-state index is -0.773. The third kappa shape index (κ3) is 11.9. The van der Waals surface area contributed by atoms with Crippen LogP contribution in [0.25, 0.3) is 0 Å². The summed E-state index contributed by atoms with van der Waals surface area (Å²) in [5, 5.41) is 5.81. The first-order chi connectivity index (χ1) is 23.0. The van der Waals surface area contributed by atoms with Crippen molar-refractivity contribution in [2.24, 2.45) is 5.92 Å². The van der Waals surface area contributed by atoms with Gasteiger partial charge in [0.05, 0.1) is 6.61 Å². The molecule has 2 N–H and O–H groups in total. The standard InChI is InChI=1S/C39H51N3O6/c1-28-23-29(2)35(46-22-20-31-17-12-21-42(26-31)38(45)48-39(3,4)5)24-33(28)25-40-36(43)34(19-18-30-13-8-6-9-14-30)41-37(44)47-27-32-15-10-7-11-16-32/h6-11,13-16,23-24,31,34H,12,17-22,25-27H2,1-5H3,(H,40,43)(H,41,44). The van der Waals surface area contributed by atoms with Crippen molar-refractivity contribution in [2.75, 3.05) is 19.7 Å². The third-order valence-electron chi connectivity index (χ3n) is 8.43. The van der Waals surface area contributed by atoms with Crippen LogP contribution in [-0.4, -0.2) is 54.3 Å². The molecule has 4 rings (SSSR count). The van der Waals surface area contributed by atoms with Crippen molar-refractivity contribution < 1.29 is 28.6 Å². The van der Waals surface area contributed by atoms with Gasteiger partial charge in [-0.15, -0.1) is 0 Å². The van der Waals surface area contributed by atoms with Crippen LogP contribution >= 0.6 is 0 Å². The van der Waals surface area contributed by atoms with E-state index in [2.05, 4.69) is 16.7 Å². The van der Waals surface area contributed by atoms with Gasteiger partial charge in [0.25, 0.3) is 0 Å². The highest BCUT2D eigenvalue weighted by Crippen LogP contribution is 2.26. The smallest absolute Gasteiger partial charge is 0.410 e. The molecule has 0 bridgehead atoms. The highest BCUT2D eigenvalue weighted by Gasteiger charge is 2.28. The molecule has 3 aromatic carbocycles. The van der Waals surface area contributed by atoms with Gasteiger partial charge in [0.1, 0.15) is 24.0 Å². The van der Waals surface area contributed by atoms with Crippen molar-refractivity contribution in [1.82, 2.24) is 15.5 Å². The average Bonchev–Trinajstić information content (AvgIpc) is 3.06. The van der Waals surface area contributed by atoms with Crippen molar-refractivity contribution in [3.8, 4) is 5.75 Å². The molecule has 1 saturated heterocycles. The van der Waals surface area contributed by atoms with E-state index in [4.69, 9.17) is 14.2 Å². The van der Waals surface area contributed by atoms with Crippen molar-refractivity contribution in [3.05, 3.63) is 101 Å². The lowest BCUT2D eigenvalue weighted by Crippen LogP contribution is -2.47. The van der Waals surface area contributed by atoms with Crippen LogP contribution in [0.3, 0.4) is 0 Å². The zero-order valence-electron chi connectivity index (χ0n) is 29.1. The van der Waals surface area contributed by atoms with Gasteiger partial charge < -0.3 is 29.7 Å². The lowest BCUT2D eigenvalue weighted by Gasteiger charge is -2.34. The molecular weight excluding hydrogens is 606 g/mol. The molecule has 3 aromatic rings. The quantitative estimate of drug-likeness (QED) is 0.200. The molecule has 0 aromatic heterocycles. The van der Waals surface area contributed by atoms with Crippen LogP contribution in [0.1, 0.15) is 74.3 Å². The van der Waals surface area contributed by atoms with Gasteiger partial charge in [-0.3, -0.25) is 4.79 Å². The Morgan fingerprint density at radius 3 is 2.31 bits per heavy atom. The van der Waals surface area contributed by atoms with E-state index in [1.54, 1.807) is 0 Å². The number of likely N-dealkylation sites (tertiary alicyclic amines) is 1. The predicted octanol–water partition coefficient (Wildman–Crippen LogP) is 7.26. The molecule has 2 atom stereocenters. The Balaban J connectivity index is 1.32. The number of hydrogen-bond acceptors (Lipinski definition) is 6. The number of amides is 3. The van der Waals surface area contributed by atoms with Gasteiger partial charge in [-0.1, -0.05) is 66.7 Å². The highest BCUT2D eigenvalue weighted by molar-refractivity contribution is 5.85. The van der Waals surface area contributed by atoms with Crippen molar-refractivity contribution in [2.45, 2.75) is 91.5 Å². The molecule has 9 heteroatoms. The molecule has 0 radical (unpaired) electrons. The SMILES string of the molecule is Cc1cc(C)c(OCCC2CCCN(C(=O)OC(C)(C)C)C2)cc1CNC(=O)C(CCc1ccccc1)NC(=O)OCc1ccccc1. The number of aryl methyl sites for hydroxylation is 3. The summed E-state index contributed by atoms with van der Waals surface area (Å²) in [7, 11) is 0. The van der Waals surface area contributed by atoms with Crippen LogP contribution in [0.4, 0.5) is 9.59 Å². The Morgan fingerprint density at radius 1 is 0.938 bits per heavy atom. The zero-order valence-corrected chi connectivity index (χ0v) is 29.1. The Labute approximate surface area is 285 Å². The maximum absolute atomic E-state index is 13.5. The number of rotatable bonds is 13. The number of carbonyl (C=O) groups excluding carboxylic acids is 3. The van der Waals surface area contributed by atoms with Crippen molar-refractivity contribution >= 4 is 18.1 Å². The van der Waals surface area contributed by atoms with Crippen LogP contribution in [-0.2, 0) is 33.8 Å². The minimum Gasteiger partial charge on any atom is -0.493 e. The molecule has 1 aliphatic heterocycles. The molecule has 258 valence electrons. The molecule has 3 amide bonds. The number of carbonyl (C=O) groups is 3. The Kier molecular flexibility index (Phi) is 13.3. The number of benzene rings is 3. The van der Waals surface area contributed by atoms with E-state index in [0.29, 0.717) is 31.9 Å². The second-order valence-electron chi connectivity index (χ2n) is 13.6. The molecule has 1 aliphatic rings. The van der Waals surface area contributed by atoms with E-state index in [1.165, 1.54) is 0 Å². The van der Waals surface area contributed by atoms with E-state index >= 15 is 0 Å². The van der Waals surface area contributed by atoms with Gasteiger partial charge in [-0.25, -0.2) is 9.59 Å². The molecule has 0 saturated carbocycles. The van der Waals surface area contributed by atoms with E-state index < -0.39 is 17.7 Å². The van der Waals surface area contributed by atoms with Crippen LogP contribution in [0.5, 0.6) is 5.75 Å². The van der Waals surface area contributed by atoms with Crippen LogP contribution in [0.2, 0.25) is 0 Å². The summed E-state index contributed by atoms with van der Waals surface area (Å²) in [6.07, 6.45) is 2.97. The average molecular weight is 658 g/mol. The Bertz CT molecular complexity index is 1490. The minimum absolute atomic E-state index is 0.119. The number of piperidine rings is 1. The van der Waals surface area contributed by atoms with Crippen LogP contribution < -0.4 is 15.4 Å². The maximum atomic E-state index is 13.5. The van der Waals surface area contributed by atoms with Gasteiger partial charge in [0, 0.05) is 19.6 Å². The molecule has 2 unspecified atom stereocenters. The molecule has 9 nitrogen and oxygen atoms in total. The van der Waals surface area contributed by atoms with E-state index in [9.17, 15) is 14.4 Å². The fourth-order valence-electron chi connectivity index (χ4n) is 5.79. The van der Waals surface area contributed by atoms with Gasteiger partial charge >= 0.3 is 12.2 Å². The summed E-state index contributed by atoms with van der Waals surface area (Å²) in [6, 6.07) is 22.6. The van der Waals surface area contributed by atoms with E-state index in [-0.39, 0.29) is 25.2 Å². The highest BCUT2D eigenvalue weighted by atomic mass is 16.6. The second kappa shape index (κ2) is 17.6. The molecule has 48 heavy (non-hydrogen) atoms. The number of nitrogens with one attached hydrogen (secondary N) is 2. The third-order valence-corrected chi connectivity index (χ3v) is 8.43. The Hall–Kier alpha value is -4.53. The molecule has 0 aliphatic carbocycles. The van der Waals surface area contributed by atoms with Gasteiger partial charge in [-0.2, -0.15) is 0 Å². The number of nitrogens with zero attached hydrogens (tertiary/aromatic N) is 1. The number of hydrogen-bond donors (Lipinski definition) is 2. The van der Waals surface area contributed by atoms with Crippen molar-refractivity contribution in [3.63, 3.8) is 0 Å². The number of ether oxygens (including phenoxy) is 3. The first-order valence-electron chi connectivity index (χ1n) is 17.0. The number of alkyl carbamates (subject to hydrolysis) is 1. The lowest BCUT2D eigenvalue weighted by molar-refractivity contribution is -0.123. The molecule has 1 fully saturated rings. The summed E-state index contributed by atoms with van der Waals surface area (Å²) >= 11 is 0. The van der Waals surface area contributed by atoms with Gasteiger partial charge in [0.15, 0.2) is 0 Å². The largest absolute Gasteiger partial charge is 0.493 e. The van der Waals surface area contributed by atoms with Crippen LogP contribution in [0.15, 0.2) is 72.8 Å². The fourth-order valence-corrected chi connectivity index (χ4v) is 5.79. The lowest BCUT2D eigenvalue weighted by atomic mass is 9.95. The summed E-state index contributed by atoms with van der Waals surface area (Å²) in [5.74, 6) is 0.834. The maximum Gasteiger partial charge on any atom is 0.410 e. The first kappa shape index (κ1) is 36.3. The topological polar surface area (TPSA) is 106 Å². The zero-order chi connectivity index (χ0) is 34.5. The summed E-state index contributed by atoms with van der Waals surface area (Å²) in [4.78, 5) is 40.6. The summed E-state index contributed by atoms with van der Waals surface area (Å²) < 4.78 is 17.2. The normalized spacial score (nSPS) is 15.3. The first-order valence-corrected chi connectivity index (χ1v) is 17.0.